The van der Waals surface area contributed by atoms with Crippen molar-refractivity contribution in [2.45, 2.75) is 27.3 Å². The SMILES string of the molecule is CCN(CC)CCn1c(NC(=O)c2ccc(-n3c(C)nc4ccccc4c3=O)cc2)nc2ccccc21. The van der Waals surface area contributed by atoms with Crippen LogP contribution in [0.2, 0.25) is 0 Å². The molecule has 0 aliphatic carbocycles. The molecule has 0 atom stereocenters. The number of fused-ring (bicyclic) bond motifs is 2. The molecule has 0 saturated heterocycles. The first kappa shape index (κ1) is 24.4. The van der Waals surface area contributed by atoms with Gasteiger partial charge in [0, 0.05) is 18.7 Å². The Balaban J connectivity index is 1.42. The smallest absolute Gasteiger partial charge is 0.265 e. The van der Waals surface area contributed by atoms with E-state index >= 15 is 0 Å². The molecule has 1 N–H and O–H groups in total. The van der Waals surface area contributed by atoms with Gasteiger partial charge in [-0.05, 0) is 68.5 Å². The van der Waals surface area contributed by atoms with E-state index in [-0.39, 0.29) is 11.5 Å². The molecule has 0 bridgehead atoms. The van der Waals surface area contributed by atoms with E-state index in [0.717, 1.165) is 30.7 Å². The minimum Gasteiger partial charge on any atom is -0.309 e. The van der Waals surface area contributed by atoms with E-state index < -0.39 is 0 Å². The van der Waals surface area contributed by atoms with Gasteiger partial charge < -0.3 is 9.47 Å². The summed E-state index contributed by atoms with van der Waals surface area (Å²) >= 11 is 0. The Kier molecular flexibility index (Phi) is 6.83. The zero-order valence-electron chi connectivity index (χ0n) is 21.3. The third-order valence-electron chi connectivity index (χ3n) is 6.75. The predicted octanol–water partition coefficient (Wildman–Crippen LogP) is 4.64. The standard InChI is InChI=1S/C29H30N6O2/c1-4-33(5-2)18-19-34-26-13-9-8-12-25(26)31-29(34)32-27(36)21-14-16-22(17-15-21)35-20(3)30-24-11-7-6-10-23(24)28(35)37/h6-17H,4-5,18-19H2,1-3H3,(H,31,32,36). The lowest BCUT2D eigenvalue weighted by Gasteiger charge is -2.19. The molecule has 0 spiro atoms. The molecule has 8 heteroatoms. The van der Waals surface area contributed by atoms with E-state index in [2.05, 4.69) is 38.6 Å². The summed E-state index contributed by atoms with van der Waals surface area (Å²) in [6, 6.07) is 22.2. The second-order valence-electron chi connectivity index (χ2n) is 8.92. The third-order valence-corrected chi connectivity index (χ3v) is 6.75. The van der Waals surface area contributed by atoms with Crippen LogP contribution >= 0.6 is 0 Å². The molecule has 0 aliphatic rings. The Labute approximate surface area is 215 Å². The van der Waals surface area contributed by atoms with Crippen molar-refractivity contribution < 1.29 is 4.79 Å². The van der Waals surface area contributed by atoms with Crippen LogP contribution in [0.1, 0.15) is 30.0 Å². The Hall–Kier alpha value is -4.30. The normalized spacial score (nSPS) is 11.5. The number of hydrogen-bond acceptors (Lipinski definition) is 5. The van der Waals surface area contributed by atoms with E-state index in [1.54, 1.807) is 41.8 Å². The molecule has 3 aromatic carbocycles. The summed E-state index contributed by atoms with van der Waals surface area (Å²) in [6.45, 7) is 9.60. The number of rotatable bonds is 8. The average Bonchev–Trinajstić information content (AvgIpc) is 3.26. The molecular weight excluding hydrogens is 464 g/mol. The number of anilines is 1. The average molecular weight is 495 g/mol. The van der Waals surface area contributed by atoms with Gasteiger partial charge in [-0.3, -0.25) is 19.5 Å². The van der Waals surface area contributed by atoms with E-state index in [4.69, 9.17) is 0 Å². The van der Waals surface area contributed by atoms with E-state index in [1.165, 1.54) is 0 Å². The number of amides is 1. The fraction of sp³-hybridized carbons (Fsp3) is 0.241. The number of nitrogens with zero attached hydrogens (tertiary/aromatic N) is 5. The Morgan fingerprint density at radius 1 is 0.892 bits per heavy atom. The molecule has 8 nitrogen and oxygen atoms in total. The molecule has 1 amide bonds. The topological polar surface area (TPSA) is 85.0 Å². The monoisotopic (exact) mass is 494 g/mol. The van der Waals surface area contributed by atoms with E-state index in [1.807, 2.05) is 42.5 Å². The van der Waals surface area contributed by atoms with Crippen molar-refractivity contribution in [1.29, 1.82) is 0 Å². The highest BCUT2D eigenvalue weighted by Crippen LogP contribution is 2.21. The number of benzene rings is 3. The molecule has 0 fully saturated rings. The second-order valence-corrected chi connectivity index (χ2v) is 8.92. The first-order chi connectivity index (χ1) is 18.0. The summed E-state index contributed by atoms with van der Waals surface area (Å²) in [5.41, 5.74) is 3.49. The van der Waals surface area contributed by atoms with Crippen LogP contribution in [0.4, 0.5) is 5.95 Å². The van der Waals surface area contributed by atoms with Crippen molar-refractivity contribution in [2.24, 2.45) is 0 Å². The van der Waals surface area contributed by atoms with Gasteiger partial charge in [-0.15, -0.1) is 0 Å². The lowest BCUT2D eigenvalue weighted by molar-refractivity contribution is 0.102. The Morgan fingerprint density at radius 3 is 2.30 bits per heavy atom. The van der Waals surface area contributed by atoms with Crippen LogP contribution in [-0.2, 0) is 6.54 Å². The minimum absolute atomic E-state index is 0.137. The van der Waals surface area contributed by atoms with Gasteiger partial charge >= 0.3 is 0 Å². The maximum atomic E-state index is 13.2. The van der Waals surface area contributed by atoms with Crippen LogP contribution < -0.4 is 10.9 Å². The van der Waals surface area contributed by atoms with Gasteiger partial charge in [0.25, 0.3) is 11.5 Å². The summed E-state index contributed by atoms with van der Waals surface area (Å²) in [4.78, 5) is 37.9. The zero-order chi connectivity index (χ0) is 25.9. The summed E-state index contributed by atoms with van der Waals surface area (Å²) in [5.74, 6) is 0.850. The predicted molar refractivity (Wildman–Crippen MR) is 148 cm³/mol. The van der Waals surface area contributed by atoms with Gasteiger partial charge in [-0.25, -0.2) is 9.97 Å². The Bertz CT molecular complexity index is 1630. The molecule has 188 valence electrons. The number of aryl methyl sites for hydroxylation is 1. The molecule has 0 saturated carbocycles. The van der Waals surface area contributed by atoms with Crippen LogP contribution in [0.25, 0.3) is 27.6 Å². The Morgan fingerprint density at radius 2 is 1.57 bits per heavy atom. The number of nitrogens with one attached hydrogen (secondary N) is 1. The minimum atomic E-state index is -0.258. The molecule has 0 unspecified atom stereocenters. The van der Waals surface area contributed by atoms with Gasteiger partial charge in [0.2, 0.25) is 5.95 Å². The number of carbonyl (C=O) groups is 1. The van der Waals surface area contributed by atoms with E-state index in [9.17, 15) is 9.59 Å². The highest BCUT2D eigenvalue weighted by molar-refractivity contribution is 6.04. The van der Waals surface area contributed by atoms with Crippen molar-refractivity contribution in [1.82, 2.24) is 24.0 Å². The van der Waals surface area contributed by atoms with Gasteiger partial charge in [0.1, 0.15) is 5.82 Å². The van der Waals surface area contributed by atoms with Crippen LogP contribution in [0.5, 0.6) is 0 Å². The van der Waals surface area contributed by atoms with Crippen molar-refractivity contribution in [2.75, 3.05) is 25.0 Å². The summed E-state index contributed by atoms with van der Waals surface area (Å²) in [6.07, 6.45) is 0. The summed E-state index contributed by atoms with van der Waals surface area (Å²) in [5, 5.41) is 3.55. The highest BCUT2D eigenvalue weighted by atomic mass is 16.2. The molecule has 37 heavy (non-hydrogen) atoms. The van der Waals surface area contributed by atoms with E-state index in [0.29, 0.717) is 40.5 Å². The first-order valence-electron chi connectivity index (χ1n) is 12.6. The first-order valence-corrected chi connectivity index (χ1v) is 12.6. The highest BCUT2D eigenvalue weighted by Gasteiger charge is 2.16. The summed E-state index contributed by atoms with van der Waals surface area (Å²) in [7, 11) is 0. The number of para-hydroxylation sites is 3. The van der Waals surface area contributed by atoms with Crippen molar-refractivity contribution in [3.8, 4) is 5.69 Å². The molecule has 2 heterocycles. The maximum Gasteiger partial charge on any atom is 0.265 e. The number of carbonyl (C=O) groups excluding carboxylic acids is 1. The maximum absolute atomic E-state index is 13.2. The fourth-order valence-electron chi connectivity index (χ4n) is 4.66. The molecule has 5 aromatic rings. The van der Waals surface area contributed by atoms with Crippen LogP contribution in [0.3, 0.4) is 0 Å². The van der Waals surface area contributed by atoms with Crippen molar-refractivity contribution in [3.63, 3.8) is 0 Å². The number of imidazole rings is 1. The molecular formula is C29H30N6O2. The van der Waals surface area contributed by atoms with Crippen LogP contribution in [-0.4, -0.2) is 49.5 Å². The third kappa shape index (κ3) is 4.75. The zero-order valence-corrected chi connectivity index (χ0v) is 21.3. The molecule has 2 aromatic heterocycles. The van der Waals surface area contributed by atoms with Crippen LogP contribution in [0, 0.1) is 6.92 Å². The number of hydrogen-bond donors (Lipinski definition) is 1. The number of likely N-dealkylation sites (N-methyl/N-ethyl adjacent to an activating group) is 1. The van der Waals surface area contributed by atoms with Gasteiger partial charge in [-0.2, -0.15) is 0 Å². The molecule has 0 aliphatic heterocycles. The largest absolute Gasteiger partial charge is 0.309 e. The summed E-state index contributed by atoms with van der Waals surface area (Å²) < 4.78 is 3.63. The van der Waals surface area contributed by atoms with Gasteiger partial charge in [0.15, 0.2) is 0 Å². The van der Waals surface area contributed by atoms with Crippen molar-refractivity contribution in [3.05, 3.63) is 94.5 Å². The van der Waals surface area contributed by atoms with Crippen LogP contribution in [0.15, 0.2) is 77.6 Å². The lowest BCUT2D eigenvalue weighted by atomic mass is 10.2. The molecule has 0 radical (unpaired) electrons. The quantitative estimate of drug-likeness (QED) is 0.340. The second kappa shape index (κ2) is 10.4. The van der Waals surface area contributed by atoms with Crippen molar-refractivity contribution >= 4 is 33.8 Å². The number of aromatic nitrogens is 4. The van der Waals surface area contributed by atoms with Gasteiger partial charge in [0.05, 0.1) is 27.6 Å². The fourth-order valence-corrected chi connectivity index (χ4v) is 4.66. The van der Waals surface area contributed by atoms with Gasteiger partial charge in [-0.1, -0.05) is 38.1 Å². The lowest BCUT2D eigenvalue weighted by Crippen LogP contribution is -2.27. The molecule has 5 rings (SSSR count).